The SMILES string of the molecule is Cc1ccsc1C1=N[C@H](C)CS1. The van der Waals surface area contributed by atoms with E-state index in [0.29, 0.717) is 6.04 Å². The van der Waals surface area contributed by atoms with Crippen molar-refractivity contribution in [3.63, 3.8) is 0 Å². The molecule has 1 aromatic rings. The molecule has 1 nitrogen and oxygen atoms in total. The van der Waals surface area contributed by atoms with Gasteiger partial charge in [-0.3, -0.25) is 4.99 Å². The van der Waals surface area contributed by atoms with Gasteiger partial charge < -0.3 is 0 Å². The molecule has 0 unspecified atom stereocenters. The van der Waals surface area contributed by atoms with Crippen LogP contribution in [0.25, 0.3) is 0 Å². The molecule has 1 atom stereocenters. The summed E-state index contributed by atoms with van der Waals surface area (Å²) in [6.07, 6.45) is 0. The van der Waals surface area contributed by atoms with Gasteiger partial charge in [0.25, 0.3) is 0 Å². The zero-order valence-corrected chi connectivity index (χ0v) is 8.84. The van der Waals surface area contributed by atoms with Crippen molar-refractivity contribution in [1.82, 2.24) is 0 Å². The Labute approximate surface area is 80.9 Å². The summed E-state index contributed by atoms with van der Waals surface area (Å²) in [5.41, 5.74) is 1.36. The van der Waals surface area contributed by atoms with E-state index in [9.17, 15) is 0 Å². The highest BCUT2D eigenvalue weighted by molar-refractivity contribution is 8.15. The molecular weight excluding hydrogens is 186 g/mol. The summed E-state index contributed by atoms with van der Waals surface area (Å²) < 4.78 is 0. The predicted octanol–water partition coefficient (Wildman–Crippen LogP) is 2.94. The molecule has 2 heterocycles. The molecule has 64 valence electrons. The van der Waals surface area contributed by atoms with Crippen LogP contribution in [0.1, 0.15) is 17.4 Å². The van der Waals surface area contributed by atoms with Crippen molar-refractivity contribution in [3.05, 3.63) is 21.9 Å². The minimum Gasteiger partial charge on any atom is -0.273 e. The molecule has 0 saturated carbocycles. The van der Waals surface area contributed by atoms with Crippen molar-refractivity contribution in [2.75, 3.05) is 5.75 Å². The maximum Gasteiger partial charge on any atom is 0.108 e. The summed E-state index contributed by atoms with van der Waals surface area (Å²) in [5.74, 6) is 1.15. The maximum atomic E-state index is 4.58. The molecule has 0 aromatic carbocycles. The lowest BCUT2D eigenvalue weighted by atomic mass is 10.3. The van der Waals surface area contributed by atoms with Crippen LogP contribution in [0, 0.1) is 6.92 Å². The fraction of sp³-hybridized carbons (Fsp3) is 0.444. The van der Waals surface area contributed by atoms with Crippen molar-refractivity contribution < 1.29 is 0 Å². The van der Waals surface area contributed by atoms with Gasteiger partial charge in [-0.15, -0.1) is 23.1 Å². The molecule has 0 saturated heterocycles. The highest BCUT2D eigenvalue weighted by atomic mass is 32.2. The van der Waals surface area contributed by atoms with Gasteiger partial charge in [-0.05, 0) is 30.9 Å². The zero-order valence-electron chi connectivity index (χ0n) is 7.20. The molecule has 0 radical (unpaired) electrons. The highest BCUT2D eigenvalue weighted by Crippen LogP contribution is 2.28. The first-order chi connectivity index (χ1) is 5.77. The van der Waals surface area contributed by atoms with Gasteiger partial charge in [-0.25, -0.2) is 0 Å². The molecule has 0 amide bonds. The van der Waals surface area contributed by atoms with Crippen LogP contribution in [0.5, 0.6) is 0 Å². The fourth-order valence-electron chi connectivity index (χ4n) is 1.19. The molecular formula is C9H11NS2. The van der Waals surface area contributed by atoms with Crippen molar-refractivity contribution >= 4 is 28.1 Å². The van der Waals surface area contributed by atoms with Gasteiger partial charge in [-0.1, -0.05) is 0 Å². The molecule has 0 bridgehead atoms. The van der Waals surface area contributed by atoms with Crippen molar-refractivity contribution in [3.8, 4) is 0 Å². The van der Waals surface area contributed by atoms with E-state index in [1.807, 2.05) is 11.8 Å². The predicted molar refractivity (Wildman–Crippen MR) is 57.5 cm³/mol. The smallest absolute Gasteiger partial charge is 0.108 e. The number of hydrogen-bond acceptors (Lipinski definition) is 3. The average Bonchev–Trinajstić information content (AvgIpc) is 2.58. The second kappa shape index (κ2) is 3.23. The number of aliphatic imine (C=N–C) groups is 1. The summed E-state index contributed by atoms with van der Waals surface area (Å²) >= 11 is 3.68. The van der Waals surface area contributed by atoms with Gasteiger partial charge in [0.2, 0.25) is 0 Å². The molecule has 3 heteroatoms. The third-order valence-electron chi connectivity index (χ3n) is 1.86. The van der Waals surface area contributed by atoms with Crippen molar-refractivity contribution in [1.29, 1.82) is 0 Å². The fourth-order valence-corrected chi connectivity index (χ4v) is 3.35. The topological polar surface area (TPSA) is 12.4 Å². The van der Waals surface area contributed by atoms with E-state index in [-0.39, 0.29) is 0 Å². The van der Waals surface area contributed by atoms with Crippen LogP contribution >= 0.6 is 23.1 Å². The van der Waals surface area contributed by atoms with Gasteiger partial charge in [0.15, 0.2) is 0 Å². The summed E-state index contributed by atoms with van der Waals surface area (Å²) in [4.78, 5) is 5.95. The second-order valence-electron chi connectivity index (χ2n) is 3.03. The van der Waals surface area contributed by atoms with Gasteiger partial charge >= 0.3 is 0 Å². The van der Waals surface area contributed by atoms with Gasteiger partial charge in [-0.2, -0.15) is 0 Å². The number of rotatable bonds is 1. The monoisotopic (exact) mass is 197 g/mol. The van der Waals surface area contributed by atoms with Crippen molar-refractivity contribution in [2.24, 2.45) is 4.99 Å². The van der Waals surface area contributed by atoms with Crippen LogP contribution in [0.15, 0.2) is 16.4 Å². The lowest BCUT2D eigenvalue weighted by molar-refractivity contribution is 0.865. The molecule has 1 aliphatic heterocycles. The summed E-state index contributed by atoms with van der Waals surface area (Å²) in [6, 6.07) is 2.66. The second-order valence-corrected chi connectivity index (χ2v) is 4.95. The van der Waals surface area contributed by atoms with E-state index in [2.05, 4.69) is 30.3 Å². The van der Waals surface area contributed by atoms with Crippen LogP contribution in [-0.2, 0) is 0 Å². The van der Waals surface area contributed by atoms with Crippen LogP contribution in [0.3, 0.4) is 0 Å². The van der Waals surface area contributed by atoms with E-state index in [0.717, 1.165) is 5.75 Å². The minimum atomic E-state index is 0.506. The summed E-state index contributed by atoms with van der Waals surface area (Å²) in [6.45, 7) is 4.32. The lowest BCUT2D eigenvalue weighted by Gasteiger charge is -1.95. The largest absolute Gasteiger partial charge is 0.273 e. The summed E-state index contributed by atoms with van der Waals surface area (Å²) in [7, 11) is 0. The first-order valence-corrected chi connectivity index (χ1v) is 5.89. The zero-order chi connectivity index (χ0) is 8.55. The number of thiophene rings is 1. The number of thioether (sulfide) groups is 1. The third-order valence-corrected chi connectivity index (χ3v) is 4.24. The van der Waals surface area contributed by atoms with Gasteiger partial charge in [0, 0.05) is 5.75 Å². The number of nitrogens with zero attached hydrogens (tertiary/aromatic N) is 1. The van der Waals surface area contributed by atoms with E-state index < -0.39 is 0 Å². The van der Waals surface area contributed by atoms with Crippen LogP contribution < -0.4 is 0 Å². The van der Waals surface area contributed by atoms with Gasteiger partial charge in [0.1, 0.15) is 5.04 Å². The first-order valence-electron chi connectivity index (χ1n) is 4.02. The lowest BCUT2D eigenvalue weighted by Crippen LogP contribution is -1.93. The Morgan fingerprint density at radius 3 is 2.92 bits per heavy atom. The Kier molecular flexibility index (Phi) is 2.24. The summed E-state index contributed by atoms with van der Waals surface area (Å²) in [5, 5.41) is 3.38. The Morgan fingerprint density at radius 2 is 2.42 bits per heavy atom. The number of hydrogen-bond donors (Lipinski definition) is 0. The van der Waals surface area contributed by atoms with Crippen molar-refractivity contribution in [2.45, 2.75) is 19.9 Å². The van der Waals surface area contributed by atoms with Crippen LogP contribution in [0.2, 0.25) is 0 Å². The first kappa shape index (κ1) is 8.32. The molecule has 0 fully saturated rings. The Balaban J connectivity index is 2.32. The average molecular weight is 197 g/mol. The minimum absolute atomic E-state index is 0.506. The van der Waals surface area contributed by atoms with E-state index >= 15 is 0 Å². The molecule has 0 N–H and O–H groups in total. The van der Waals surface area contributed by atoms with Crippen LogP contribution in [-0.4, -0.2) is 16.8 Å². The molecule has 0 spiro atoms. The highest BCUT2D eigenvalue weighted by Gasteiger charge is 2.17. The number of aryl methyl sites for hydroxylation is 1. The normalized spacial score (nSPS) is 22.8. The van der Waals surface area contributed by atoms with Crippen LogP contribution in [0.4, 0.5) is 0 Å². The van der Waals surface area contributed by atoms with E-state index in [1.165, 1.54) is 15.5 Å². The molecule has 2 rings (SSSR count). The van der Waals surface area contributed by atoms with E-state index in [1.54, 1.807) is 11.3 Å². The standard InChI is InChI=1S/C9H11NS2/c1-6-3-4-11-8(6)9-10-7(2)5-12-9/h3-4,7H,5H2,1-2H3/t7-/m1/s1. The quantitative estimate of drug-likeness (QED) is 0.674. The molecule has 1 aromatic heterocycles. The molecule has 1 aliphatic rings. The van der Waals surface area contributed by atoms with E-state index in [4.69, 9.17) is 0 Å². The molecule has 12 heavy (non-hydrogen) atoms. The Bertz CT molecular complexity index is 314. The third kappa shape index (κ3) is 1.43. The Hall–Kier alpha value is -0.280. The molecule has 0 aliphatic carbocycles. The maximum absolute atomic E-state index is 4.58. The van der Waals surface area contributed by atoms with Gasteiger partial charge in [0.05, 0.1) is 10.9 Å². The Morgan fingerprint density at radius 1 is 1.58 bits per heavy atom.